The van der Waals surface area contributed by atoms with Crippen molar-refractivity contribution in [2.24, 2.45) is 0 Å². The Morgan fingerprint density at radius 2 is 1.84 bits per heavy atom. The van der Waals surface area contributed by atoms with Gasteiger partial charge in [-0.05, 0) is 38.3 Å². The smallest absolute Gasteiger partial charge is 0.354 e. The maximum Gasteiger partial charge on any atom is 0.354 e. The first kappa shape index (κ1) is 15.3. The molecule has 19 heavy (non-hydrogen) atoms. The minimum Gasteiger partial charge on any atom is -0.466 e. The Bertz CT molecular complexity index is 437. The SMILES string of the molecule is CCOC(=O)CCc1cc(C(=O)OCC)[nH]c1CC. The van der Waals surface area contributed by atoms with Crippen molar-refractivity contribution in [3.63, 3.8) is 0 Å². The average molecular weight is 267 g/mol. The molecule has 0 aliphatic heterocycles. The summed E-state index contributed by atoms with van der Waals surface area (Å²) in [6, 6.07) is 1.76. The number of rotatable bonds is 7. The van der Waals surface area contributed by atoms with Crippen LogP contribution in [0.1, 0.15) is 48.9 Å². The molecular formula is C14H21NO4. The van der Waals surface area contributed by atoms with Gasteiger partial charge in [-0.1, -0.05) is 6.92 Å². The fraction of sp³-hybridized carbons (Fsp3) is 0.571. The average Bonchev–Trinajstić information content (AvgIpc) is 2.80. The van der Waals surface area contributed by atoms with Crippen molar-refractivity contribution in [3.05, 3.63) is 23.0 Å². The van der Waals surface area contributed by atoms with Gasteiger partial charge in [-0.25, -0.2) is 4.79 Å². The second-order valence-corrected chi connectivity index (χ2v) is 4.07. The number of aryl methyl sites for hydroxylation is 2. The van der Waals surface area contributed by atoms with E-state index in [1.54, 1.807) is 19.9 Å². The first-order valence-corrected chi connectivity index (χ1v) is 6.65. The van der Waals surface area contributed by atoms with Crippen molar-refractivity contribution < 1.29 is 19.1 Å². The Hall–Kier alpha value is -1.78. The summed E-state index contributed by atoms with van der Waals surface area (Å²) < 4.78 is 9.83. The Labute approximate surface area is 113 Å². The summed E-state index contributed by atoms with van der Waals surface area (Å²) >= 11 is 0. The van der Waals surface area contributed by atoms with E-state index in [1.807, 2.05) is 6.92 Å². The van der Waals surface area contributed by atoms with Gasteiger partial charge >= 0.3 is 11.9 Å². The lowest BCUT2D eigenvalue weighted by molar-refractivity contribution is -0.143. The van der Waals surface area contributed by atoms with Crippen LogP contribution in [0.25, 0.3) is 0 Å². The largest absolute Gasteiger partial charge is 0.466 e. The van der Waals surface area contributed by atoms with Crippen molar-refractivity contribution in [3.8, 4) is 0 Å². The molecule has 0 bridgehead atoms. The van der Waals surface area contributed by atoms with Gasteiger partial charge in [0.15, 0.2) is 0 Å². The van der Waals surface area contributed by atoms with E-state index in [-0.39, 0.29) is 11.9 Å². The van der Waals surface area contributed by atoms with E-state index >= 15 is 0 Å². The maximum atomic E-state index is 11.6. The molecule has 0 unspecified atom stereocenters. The van der Waals surface area contributed by atoms with Crippen LogP contribution in [0.3, 0.4) is 0 Å². The summed E-state index contributed by atoms with van der Waals surface area (Å²) in [4.78, 5) is 26.0. The lowest BCUT2D eigenvalue weighted by atomic mass is 10.1. The molecule has 1 heterocycles. The number of carbonyl (C=O) groups excluding carboxylic acids is 2. The Morgan fingerprint density at radius 3 is 2.42 bits per heavy atom. The molecule has 1 rings (SSSR count). The number of carbonyl (C=O) groups is 2. The van der Waals surface area contributed by atoms with Crippen LogP contribution < -0.4 is 0 Å². The molecule has 5 heteroatoms. The first-order chi connectivity index (χ1) is 9.12. The van der Waals surface area contributed by atoms with Crippen LogP contribution in [0.5, 0.6) is 0 Å². The summed E-state index contributed by atoms with van der Waals surface area (Å²) in [5.74, 6) is -0.581. The van der Waals surface area contributed by atoms with E-state index < -0.39 is 0 Å². The molecular weight excluding hydrogens is 246 g/mol. The van der Waals surface area contributed by atoms with Gasteiger partial charge < -0.3 is 14.5 Å². The summed E-state index contributed by atoms with van der Waals surface area (Å²) in [5.41, 5.74) is 2.38. The highest BCUT2D eigenvalue weighted by Gasteiger charge is 2.14. The molecule has 0 aliphatic rings. The lowest BCUT2D eigenvalue weighted by Gasteiger charge is -2.02. The molecule has 0 spiro atoms. The highest BCUT2D eigenvalue weighted by Crippen LogP contribution is 2.15. The van der Waals surface area contributed by atoms with Crippen molar-refractivity contribution in [2.75, 3.05) is 13.2 Å². The van der Waals surface area contributed by atoms with Crippen LogP contribution in [0.4, 0.5) is 0 Å². The Morgan fingerprint density at radius 1 is 1.16 bits per heavy atom. The van der Waals surface area contributed by atoms with E-state index in [2.05, 4.69) is 4.98 Å². The Kier molecular flexibility index (Phi) is 6.12. The Balaban J connectivity index is 2.71. The minimum absolute atomic E-state index is 0.219. The first-order valence-electron chi connectivity index (χ1n) is 6.65. The second kappa shape index (κ2) is 7.61. The number of aromatic nitrogens is 1. The van der Waals surface area contributed by atoms with Gasteiger partial charge in [-0.3, -0.25) is 4.79 Å². The van der Waals surface area contributed by atoms with E-state index in [4.69, 9.17) is 9.47 Å². The van der Waals surface area contributed by atoms with Crippen LogP contribution >= 0.6 is 0 Å². The zero-order chi connectivity index (χ0) is 14.3. The highest BCUT2D eigenvalue weighted by atomic mass is 16.5. The maximum absolute atomic E-state index is 11.6. The molecule has 1 aromatic rings. The van der Waals surface area contributed by atoms with Crippen molar-refractivity contribution >= 4 is 11.9 Å². The molecule has 1 aromatic heterocycles. The third-order valence-electron chi connectivity index (χ3n) is 2.74. The number of esters is 2. The van der Waals surface area contributed by atoms with Gasteiger partial charge in [-0.15, -0.1) is 0 Å². The number of hydrogen-bond acceptors (Lipinski definition) is 4. The monoisotopic (exact) mass is 267 g/mol. The predicted octanol–water partition coefficient (Wildman–Crippen LogP) is 2.25. The van der Waals surface area contributed by atoms with Crippen molar-refractivity contribution in [1.29, 1.82) is 0 Å². The van der Waals surface area contributed by atoms with E-state index in [0.717, 1.165) is 17.7 Å². The number of hydrogen-bond donors (Lipinski definition) is 1. The number of nitrogens with one attached hydrogen (secondary N) is 1. The molecule has 0 fully saturated rings. The fourth-order valence-corrected chi connectivity index (χ4v) is 1.87. The van der Waals surface area contributed by atoms with Gasteiger partial charge in [0.1, 0.15) is 5.69 Å². The van der Waals surface area contributed by atoms with Crippen LogP contribution in [0.15, 0.2) is 6.07 Å². The molecule has 0 atom stereocenters. The van der Waals surface area contributed by atoms with Gasteiger partial charge in [-0.2, -0.15) is 0 Å². The van der Waals surface area contributed by atoms with Crippen LogP contribution in [-0.2, 0) is 27.1 Å². The topological polar surface area (TPSA) is 68.4 Å². The predicted molar refractivity (Wildman–Crippen MR) is 71.1 cm³/mol. The third kappa shape index (κ3) is 4.43. The van der Waals surface area contributed by atoms with Gasteiger partial charge in [0.05, 0.1) is 13.2 Å². The molecule has 0 aromatic carbocycles. The molecule has 0 amide bonds. The molecule has 1 N–H and O–H groups in total. The minimum atomic E-state index is -0.361. The lowest BCUT2D eigenvalue weighted by Crippen LogP contribution is -2.05. The molecule has 5 nitrogen and oxygen atoms in total. The number of H-pyrrole nitrogens is 1. The molecule has 106 valence electrons. The summed E-state index contributed by atoms with van der Waals surface area (Å²) in [6.45, 7) is 6.28. The number of aromatic amines is 1. The summed E-state index contributed by atoms with van der Waals surface area (Å²) in [6.07, 6.45) is 1.66. The normalized spacial score (nSPS) is 10.3. The van der Waals surface area contributed by atoms with Crippen LogP contribution in [-0.4, -0.2) is 30.1 Å². The van der Waals surface area contributed by atoms with Crippen LogP contribution in [0, 0.1) is 0 Å². The van der Waals surface area contributed by atoms with Crippen LogP contribution in [0.2, 0.25) is 0 Å². The van der Waals surface area contributed by atoms with Crippen molar-refractivity contribution in [2.45, 2.75) is 40.0 Å². The molecule has 0 saturated heterocycles. The zero-order valence-electron chi connectivity index (χ0n) is 11.7. The molecule has 0 aliphatic carbocycles. The van der Waals surface area contributed by atoms with Gasteiger partial charge in [0.2, 0.25) is 0 Å². The molecule has 0 saturated carbocycles. The van der Waals surface area contributed by atoms with Gasteiger partial charge in [0.25, 0.3) is 0 Å². The fourth-order valence-electron chi connectivity index (χ4n) is 1.87. The number of ether oxygens (including phenoxy) is 2. The second-order valence-electron chi connectivity index (χ2n) is 4.07. The highest BCUT2D eigenvalue weighted by molar-refractivity contribution is 5.88. The van der Waals surface area contributed by atoms with Crippen molar-refractivity contribution in [1.82, 2.24) is 4.98 Å². The zero-order valence-corrected chi connectivity index (χ0v) is 11.7. The third-order valence-corrected chi connectivity index (χ3v) is 2.74. The van der Waals surface area contributed by atoms with E-state index in [9.17, 15) is 9.59 Å². The van der Waals surface area contributed by atoms with E-state index in [1.165, 1.54) is 0 Å². The molecule has 0 radical (unpaired) electrons. The standard InChI is InChI=1S/C14H21NO4/c1-4-11-10(7-8-13(16)18-5-2)9-12(15-11)14(17)19-6-3/h9,15H,4-8H2,1-3H3. The quantitative estimate of drug-likeness (QED) is 0.769. The summed E-state index contributed by atoms with van der Waals surface area (Å²) in [7, 11) is 0. The van der Waals surface area contributed by atoms with E-state index in [0.29, 0.717) is 31.7 Å². The summed E-state index contributed by atoms with van der Waals surface area (Å²) in [5, 5.41) is 0. The van der Waals surface area contributed by atoms with Gasteiger partial charge in [0, 0.05) is 12.1 Å².